The second kappa shape index (κ2) is 10.7. The third-order valence-electron chi connectivity index (χ3n) is 4.74. The van der Waals surface area contributed by atoms with Crippen LogP contribution in [0, 0.1) is 0 Å². The third kappa shape index (κ3) is 5.92. The second-order valence-corrected chi connectivity index (χ2v) is 8.95. The van der Waals surface area contributed by atoms with Gasteiger partial charge >= 0.3 is 7.75 Å². The van der Waals surface area contributed by atoms with Crippen molar-refractivity contribution in [2.75, 3.05) is 12.3 Å². The molecule has 3 rings (SSSR count). The molecule has 0 bridgehead atoms. The first kappa shape index (κ1) is 23.9. The van der Waals surface area contributed by atoms with E-state index in [0.717, 1.165) is 5.69 Å². The number of nitrogen functional groups attached to an aromatic ring is 1. The Morgan fingerprint density at radius 1 is 1.22 bits per heavy atom. The molecule has 11 heteroatoms. The summed E-state index contributed by atoms with van der Waals surface area (Å²) >= 11 is 0. The van der Waals surface area contributed by atoms with Crippen molar-refractivity contribution >= 4 is 25.4 Å². The molecule has 0 saturated heterocycles. The number of rotatable bonds is 12. The summed E-state index contributed by atoms with van der Waals surface area (Å²) < 4.78 is 32.4. The highest BCUT2D eigenvalue weighted by molar-refractivity contribution is 7.52. The maximum atomic E-state index is 13.3. The number of ether oxygens (including phenoxy) is 1. The molecule has 172 valence electrons. The fraction of sp³-hybridized carbons (Fsp3) is 0.381. The van der Waals surface area contributed by atoms with E-state index < -0.39 is 19.9 Å². The first-order valence-electron chi connectivity index (χ1n) is 10.3. The van der Waals surface area contributed by atoms with E-state index in [2.05, 4.69) is 15.2 Å². The molecule has 3 N–H and O–H groups in total. The lowest BCUT2D eigenvalue weighted by atomic mass is 10.2. The van der Waals surface area contributed by atoms with Gasteiger partial charge in [0.05, 0.1) is 30.6 Å². The first-order chi connectivity index (χ1) is 15.3. The van der Waals surface area contributed by atoms with Gasteiger partial charge in [-0.3, -0.25) is 4.52 Å². The number of nitrogens with one attached hydrogen (secondary N) is 1. The molecule has 3 unspecified atom stereocenters. The van der Waals surface area contributed by atoms with Gasteiger partial charge in [0.25, 0.3) is 0 Å². The fourth-order valence-electron chi connectivity index (χ4n) is 3.06. The molecule has 0 aliphatic heterocycles. The molecule has 1 aromatic carbocycles. The lowest BCUT2D eigenvalue weighted by Gasteiger charge is -2.25. The third-order valence-corrected chi connectivity index (χ3v) is 6.41. The van der Waals surface area contributed by atoms with Gasteiger partial charge in [0.15, 0.2) is 5.82 Å². The van der Waals surface area contributed by atoms with E-state index in [4.69, 9.17) is 19.5 Å². The van der Waals surface area contributed by atoms with Crippen molar-refractivity contribution in [2.45, 2.75) is 45.4 Å². The highest BCUT2D eigenvalue weighted by Crippen LogP contribution is 2.45. The van der Waals surface area contributed by atoms with Crippen LogP contribution >= 0.6 is 7.75 Å². The maximum Gasteiger partial charge on any atom is 0.459 e. The van der Waals surface area contributed by atoms with E-state index >= 15 is 0 Å². The predicted octanol–water partition coefficient (Wildman–Crippen LogP) is 3.55. The van der Waals surface area contributed by atoms with Gasteiger partial charge in [0.1, 0.15) is 23.9 Å². The quantitative estimate of drug-likeness (QED) is 0.307. The molecule has 32 heavy (non-hydrogen) atoms. The van der Waals surface area contributed by atoms with Gasteiger partial charge in [-0.2, -0.15) is 5.10 Å². The Hall–Kier alpha value is -2.78. The number of benzene rings is 1. The number of nitrogens with two attached hydrogens (primary N) is 1. The van der Waals surface area contributed by atoms with Crippen LogP contribution < -0.4 is 15.3 Å². The minimum absolute atomic E-state index is 0.00996. The number of nitrogens with zero attached hydrogens (tertiary/aromatic N) is 3. The molecule has 0 amide bonds. The smallest absolute Gasteiger partial charge is 0.413 e. The molecule has 0 aliphatic rings. The molecule has 10 nitrogen and oxygen atoms in total. The molecular weight excluding hydrogens is 433 g/mol. The normalized spacial score (nSPS) is 16.2. The van der Waals surface area contributed by atoms with Crippen LogP contribution in [0.25, 0.3) is 5.52 Å². The summed E-state index contributed by atoms with van der Waals surface area (Å²) in [6, 6.07) is 11.6. The summed E-state index contributed by atoms with van der Waals surface area (Å²) in [6.07, 6.45) is 1.87. The zero-order valence-corrected chi connectivity index (χ0v) is 19.1. The van der Waals surface area contributed by atoms with Crippen LogP contribution in [-0.4, -0.2) is 39.6 Å². The van der Waals surface area contributed by atoms with Gasteiger partial charge in [0, 0.05) is 0 Å². The fourth-order valence-corrected chi connectivity index (χ4v) is 4.57. The summed E-state index contributed by atoms with van der Waals surface area (Å²) in [5, 5.41) is 6.87. The Labute approximate surface area is 186 Å². The van der Waals surface area contributed by atoms with Crippen molar-refractivity contribution in [1.29, 1.82) is 0 Å². The molecule has 4 atom stereocenters. The van der Waals surface area contributed by atoms with Crippen LogP contribution in [-0.2, 0) is 18.6 Å². The van der Waals surface area contributed by atoms with E-state index in [-0.39, 0.29) is 12.7 Å². The van der Waals surface area contributed by atoms with Crippen LogP contribution in [0.4, 0.5) is 5.82 Å². The van der Waals surface area contributed by atoms with Crippen molar-refractivity contribution < 1.29 is 23.1 Å². The number of anilines is 1. The summed E-state index contributed by atoms with van der Waals surface area (Å²) in [5.41, 5.74) is 7.38. The highest BCUT2D eigenvalue weighted by Gasteiger charge is 2.30. The van der Waals surface area contributed by atoms with Gasteiger partial charge in [-0.1, -0.05) is 25.1 Å². The monoisotopic (exact) mass is 461 g/mol. The van der Waals surface area contributed by atoms with Gasteiger partial charge in [0.2, 0.25) is 0 Å². The number of aldehydes is 1. The zero-order valence-electron chi connectivity index (χ0n) is 18.2. The van der Waals surface area contributed by atoms with E-state index in [1.165, 1.54) is 6.33 Å². The zero-order chi connectivity index (χ0) is 23.1. The van der Waals surface area contributed by atoms with Crippen LogP contribution in [0.2, 0.25) is 0 Å². The van der Waals surface area contributed by atoms with Gasteiger partial charge < -0.3 is 19.8 Å². The molecule has 0 saturated carbocycles. The highest BCUT2D eigenvalue weighted by atomic mass is 31.2. The van der Waals surface area contributed by atoms with Gasteiger partial charge in [-0.15, -0.1) is 0 Å². The summed E-state index contributed by atoms with van der Waals surface area (Å²) in [7, 11) is -3.83. The lowest BCUT2D eigenvalue weighted by Crippen LogP contribution is -2.30. The summed E-state index contributed by atoms with van der Waals surface area (Å²) in [6.45, 7) is 5.37. The Morgan fingerprint density at radius 2 is 1.97 bits per heavy atom. The average molecular weight is 461 g/mol. The van der Waals surface area contributed by atoms with Crippen molar-refractivity contribution in [3.8, 4) is 5.75 Å². The van der Waals surface area contributed by atoms with Crippen LogP contribution in [0.3, 0.4) is 0 Å². The molecule has 2 heterocycles. The minimum Gasteiger partial charge on any atom is -0.413 e. The Bertz CT molecular complexity index is 1080. The number of para-hydroxylation sites is 1. The van der Waals surface area contributed by atoms with E-state index in [1.807, 2.05) is 32.0 Å². The number of aromatic nitrogens is 3. The van der Waals surface area contributed by atoms with E-state index in [1.54, 1.807) is 35.7 Å². The number of carbonyl (C=O) groups excluding carboxylic acids is 1. The molecule has 0 aliphatic carbocycles. The predicted molar refractivity (Wildman–Crippen MR) is 120 cm³/mol. The van der Waals surface area contributed by atoms with Crippen LogP contribution in [0.1, 0.15) is 39.0 Å². The van der Waals surface area contributed by atoms with Gasteiger partial charge in [-0.25, -0.2) is 19.2 Å². The second-order valence-electron chi connectivity index (χ2n) is 7.26. The summed E-state index contributed by atoms with van der Waals surface area (Å²) in [4.78, 5) is 15.1. The lowest BCUT2D eigenvalue weighted by molar-refractivity contribution is -0.109. The Balaban J connectivity index is 1.69. The molecular formula is C21H28N5O5P. The minimum atomic E-state index is -3.83. The molecule has 0 fully saturated rings. The topological polar surface area (TPSA) is 130 Å². The molecule has 2 aromatic heterocycles. The Kier molecular flexibility index (Phi) is 7.98. The molecule has 0 radical (unpaired) electrons. The number of fused-ring (bicyclic) bond motifs is 1. The first-order valence-corrected chi connectivity index (χ1v) is 11.9. The number of carbonyl (C=O) groups is 1. The van der Waals surface area contributed by atoms with Crippen LogP contribution in [0.5, 0.6) is 5.75 Å². The number of hydrogen-bond acceptors (Lipinski definition) is 8. The number of hydrogen-bond donors (Lipinski definition) is 2. The average Bonchev–Trinajstić information content (AvgIpc) is 3.22. The standard InChI is InChI=1S/C21H28N5O5P/c1-4-17(30-16(3)19-10-11-20-21(22)23-14-24-26(19)20)13-29-32(28,25-15(2)12-27)31-18-8-6-5-7-9-18/h5-12,14-17H,4,13H2,1-3H3,(H,25,28)(H2,22,23,24)/t15-,16?,17?,32?/m0/s1. The Morgan fingerprint density at radius 3 is 2.66 bits per heavy atom. The van der Waals surface area contributed by atoms with Crippen molar-refractivity contribution in [1.82, 2.24) is 19.7 Å². The maximum absolute atomic E-state index is 13.3. The summed E-state index contributed by atoms with van der Waals surface area (Å²) in [5.74, 6) is 0.740. The molecule has 0 spiro atoms. The van der Waals surface area contributed by atoms with Crippen molar-refractivity contribution in [3.63, 3.8) is 0 Å². The van der Waals surface area contributed by atoms with Crippen LogP contribution in [0.15, 0.2) is 48.8 Å². The van der Waals surface area contributed by atoms with E-state index in [9.17, 15) is 9.36 Å². The van der Waals surface area contributed by atoms with E-state index in [0.29, 0.717) is 29.8 Å². The van der Waals surface area contributed by atoms with Crippen molar-refractivity contribution in [2.24, 2.45) is 0 Å². The van der Waals surface area contributed by atoms with Gasteiger partial charge in [-0.05, 0) is 44.5 Å². The largest absolute Gasteiger partial charge is 0.459 e. The SMILES string of the molecule is CCC(COP(=O)(N[C@@H](C)C=O)Oc1ccccc1)OC(C)c1ccc2c(N)ncnn12. The van der Waals surface area contributed by atoms with Crippen molar-refractivity contribution in [3.05, 3.63) is 54.5 Å². The molecule has 3 aromatic rings.